The molecule has 3 nitrogen and oxygen atoms in total. The Kier molecular flexibility index (Phi) is 2.82. The fourth-order valence-electron chi connectivity index (χ4n) is 2.10. The molecular formula is C12H18NO2+. The molecule has 0 amide bonds. The van der Waals surface area contributed by atoms with Gasteiger partial charge in [0.1, 0.15) is 6.54 Å². The summed E-state index contributed by atoms with van der Waals surface area (Å²) in [6.45, 7) is 3.29. The number of quaternary nitrogens is 1. The minimum Gasteiger partial charge on any atom is -0.493 e. The van der Waals surface area contributed by atoms with E-state index in [1.807, 2.05) is 0 Å². The van der Waals surface area contributed by atoms with Gasteiger partial charge in [-0.05, 0) is 24.6 Å². The van der Waals surface area contributed by atoms with Crippen LogP contribution in [0.25, 0.3) is 0 Å². The Bertz CT molecular complexity index is 363. The molecule has 0 spiro atoms. The Morgan fingerprint density at radius 3 is 2.33 bits per heavy atom. The van der Waals surface area contributed by atoms with Crippen LogP contribution in [0.5, 0.6) is 11.5 Å². The van der Waals surface area contributed by atoms with E-state index < -0.39 is 0 Å². The van der Waals surface area contributed by atoms with Crippen molar-refractivity contribution in [3.05, 3.63) is 23.3 Å². The summed E-state index contributed by atoms with van der Waals surface area (Å²) in [6.07, 6.45) is 1.11. The number of hydrogen-bond acceptors (Lipinski definition) is 2. The molecule has 1 aromatic carbocycles. The van der Waals surface area contributed by atoms with Crippen LogP contribution in [-0.4, -0.2) is 20.3 Å². The zero-order valence-electron chi connectivity index (χ0n) is 9.54. The first-order chi connectivity index (χ1) is 7.24. The predicted octanol–water partition coefficient (Wildman–Crippen LogP) is 0.712. The molecular weight excluding hydrogens is 190 g/mol. The lowest BCUT2D eigenvalue weighted by atomic mass is 9.96. The van der Waals surface area contributed by atoms with Crippen molar-refractivity contribution in [1.82, 2.24) is 0 Å². The second-order valence-corrected chi connectivity index (χ2v) is 4.10. The summed E-state index contributed by atoms with van der Waals surface area (Å²) in [5.74, 6) is 1.67. The minimum absolute atomic E-state index is 0.663. The third-order valence-electron chi connectivity index (χ3n) is 2.99. The Hall–Kier alpha value is -1.22. The van der Waals surface area contributed by atoms with Gasteiger partial charge in [0.25, 0.3) is 0 Å². The van der Waals surface area contributed by atoms with Gasteiger partial charge in [0.2, 0.25) is 0 Å². The summed E-state index contributed by atoms with van der Waals surface area (Å²) in [5.41, 5.74) is 2.76. The van der Waals surface area contributed by atoms with Crippen LogP contribution in [0, 0.1) is 0 Å². The monoisotopic (exact) mass is 208 g/mol. The van der Waals surface area contributed by atoms with Crippen LogP contribution in [0.2, 0.25) is 0 Å². The van der Waals surface area contributed by atoms with Crippen LogP contribution < -0.4 is 14.8 Å². The van der Waals surface area contributed by atoms with Crippen molar-refractivity contribution in [2.45, 2.75) is 25.9 Å². The van der Waals surface area contributed by atoms with Crippen LogP contribution in [0.15, 0.2) is 12.1 Å². The topological polar surface area (TPSA) is 35.1 Å². The van der Waals surface area contributed by atoms with Gasteiger partial charge in [-0.3, -0.25) is 0 Å². The van der Waals surface area contributed by atoms with E-state index in [-0.39, 0.29) is 0 Å². The van der Waals surface area contributed by atoms with E-state index in [1.54, 1.807) is 14.2 Å². The Morgan fingerprint density at radius 1 is 1.13 bits per heavy atom. The lowest BCUT2D eigenvalue weighted by molar-refractivity contribution is -0.704. The molecule has 1 aliphatic rings. The molecule has 1 atom stereocenters. The molecule has 0 aromatic heterocycles. The molecule has 0 aliphatic carbocycles. The summed E-state index contributed by atoms with van der Waals surface area (Å²) in [4.78, 5) is 0. The van der Waals surface area contributed by atoms with Gasteiger partial charge in [-0.2, -0.15) is 0 Å². The van der Waals surface area contributed by atoms with E-state index in [2.05, 4.69) is 24.4 Å². The molecule has 1 aliphatic heterocycles. The normalized spacial score (nSPS) is 19.5. The summed E-state index contributed by atoms with van der Waals surface area (Å²) in [7, 11) is 3.36. The van der Waals surface area contributed by atoms with E-state index >= 15 is 0 Å². The molecule has 15 heavy (non-hydrogen) atoms. The van der Waals surface area contributed by atoms with Gasteiger partial charge in [0, 0.05) is 12.0 Å². The average molecular weight is 208 g/mol. The van der Waals surface area contributed by atoms with Crippen LogP contribution in [0.4, 0.5) is 0 Å². The number of hydrogen-bond donors (Lipinski definition) is 1. The average Bonchev–Trinajstić information content (AvgIpc) is 2.27. The smallest absolute Gasteiger partial charge is 0.161 e. The maximum atomic E-state index is 5.30. The lowest BCUT2D eigenvalue weighted by Crippen LogP contribution is -2.89. The minimum atomic E-state index is 0.663. The summed E-state index contributed by atoms with van der Waals surface area (Å²) in [6, 6.07) is 4.87. The van der Waals surface area contributed by atoms with Crippen LogP contribution in [-0.2, 0) is 13.0 Å². The fourth-order valence-corrected chi connectivity index (χ4v) is 2.10. The van der Waals surface area contributed by atoms with Crippen LogP contribution in [0.3, 0.4) is 0 Å². The summed E-state index contributed by atoms with van der Waals surface area (Å²) >= 11 is 0. The zero-order chi connectivity index (χ0) is 10.8. The second-order valence-electron chi connectivity index (χ2n) is 4.10. The molecule has 0 radical (unpaired) electrons. The number of rotatable bonds is 2. The number of methoxy groups -OCH3 is 2. The van der Waals surface area contributed by atoms with E-state index in [9.17, 15) is 0 Å². The summed E-state index contributed by atoms with van der Waals surface area (Å²) in [5, 5.41) is 2.36. The largest absolute Gasteiger partial charge is 0.493 e. The number of nitrogens with two attached hydrogens (primary N) is 1. The summed E-state index contributed by atoms with van der Waals surface area (Å²) < 4.78 is 10.6. The van der Waals surface area contributed by atoms with Gasteiger partial charge in [0.15, 0.2) is 11.5 Å². The second kappa shape index (κ2) is 4.11. The van der Waals surface area contributed by atoms with E-state index in [4.69, 9.17) is 9.47 Å². The predicted molar refractivity (Wildman–Crippen MR) is 58.3 cm³/mol. The third-order valence-corrected chi connectivity index (χ3v) is 2.99. The fraction of sp³-hybridized carbons (Fsp3) is 0.500. The van der Waals surface area contributed by atoms with Crippen molar-refractivity contribution in [3.63, 3.8) is 0 Å². The lowest BCUT2D eigenvalue weighted by Gasteiger charge is -2.21. The van der Waals surface area contributed by atoms with Crippen LogP contribution in [0.1, 0.15) is 18.1 Å². The van der Waals surface area contributed by atoms with Gasteiger partial charge < -0.3 is 14.8 Å². The van der Waals surface area contributed by atoms with E-state index in [0.29, 0.717) is 6.04 Å². The highest BCUT2D eigenvalue weighted by molar-refractivity contribution is 5.47. The SMILES string of the molecule is COc1cc2c(cc1OC)C[C@H](C)[NH2+]C2. The number of ether oxygens (including phenoxy) is 2. The van der Waals surface area contributed by atoms with Gasteiger partial charge in [-0.1, -0.05) is 0 Å². The molecule has 82 valence electrons. The Morgan fingerprint density at radius 2 is 1.73 bits per heavy atom. The van der Waals surface area contributed by atoms with E-state index in [1.165, 1.54) is 11.1 Å². The highest BCUT2D eigenvalue weighted by Gasteiger charge is 2.20. The molecule has 0 unspecified atom stereocenters. The van der Waals surface area contributed by atoms with Gasteiger partial charge >= 0.3 is 0 Å². The van der Waals surface area contributed by atoms with Gasteiger partial charge in [-0.25, -0.2) is 0 Å². The van der Waals surface area contributed by atoms with Crippen molar-refractivity contribution >= 4 is 0 Å². The highest BCUT2D eigenvalue weighted by atomic mass is 16.5. The molecule has 1 heterocycles. The Balaban J connectivity index is 2.41. The maximum absolute atomic E-state index is 5.30. The molecule has 0 saturated carbocycles. The zero-order valence-corrected chi connectivity index (χ0v) is 9.54. The van der Waals surface area contributed by atoms with Crippen molar-refractivity contribution in [2.75, 3.05) is 14.2 Å². The van der Waals surface area contributed by atoms with Crippen molar-refractivity contribution in [3.8, 4) is 11.5 Å². The maximum Gasteiger partial charge on any atom is 0.161 e. The van der Waals surface area contributed by atoms with E-state index in [0.717, 1.165) is 24.5 Å². The first kappa shape index (κ1) is 10.3. The first-order valence-electron chi connectivity index (χ1n) is 5.31. The van der Waals surface area contributed by atoms with Crippen molar-refractivity contribution < 1.29 is 14.8 Å². The standard InChI is InChI=1S/C12H17NO2/c1-8-4-9-5-11(14-2)12(15-3)6-10(9)7-13-8/h5-6,8,13H,4,7H2,1-3H3/p+1/t8-/m0/s1. The molecule has 0 bridgehead atoms. The highest BCUT2D eigenvalue weighted by Crippen LogP contribution is 2.31. The molecule has 2 rings (SSSR count). The molecule has 0 saturated heterocycles. The Labute approximate surface area is 90.4 Å². The molecule has 3 heteroatoms. The molecule has 1 aromatic rings. The van der Waals surface area contributed by atoms with Crippen molar-refractivity contribution in [1.29, 1.82) is 0 Å². The third kappa shape index (κ3) is 1.92. The molecule has 0 fully saturated rings. The van der Waals surface area contributed by atoms with Crippen molar-refractivity contribution in [2.24, 2.45) is 0 Å². The van der Waals surface area contributed by atoms with Gasteiger partial charge in [0.05, 0.1) is 20.3 Å². The molecule has 2 N–H and O–H groups in total. The number of benzene rings is 1. The first-order valence-corrected chi connectivity index (χ1v) is 5.31. The number of fused-ring (bicyclic) bond motifs is 1. The quantitative estimate of drug-likeness (QED) is 0.777. The van der Waals surface area contributed by atoms with Crippen LogP contribution >= 0.6 is 0 Å². The van der Waals surface area contributed by atoms with Gasteiger partial charge in [-0.15, -0.1) is 0 Å².